The molecule has 0 radical (unpaired) electrons. The summed E-state index contributed by atoms with van der Waals surface area (Å²) >= 11 is 0. The third-order valence-electron chi connectivity index (χ3n) is 7.54. The molecular formula is C26H36N6O2. The van der Waals surface area contributed by atoms with Crippen molar-refractivity contribution in [1.29, 1.82) is 0 Å². The lowest BCUT2D eigenvalue weighted by atomic mass is 9.95. The zero-order valence-corrected chi connectivity index (χ0v) is 20.6. The number of ether oxygens (including phenoxy) is 1. The number of hydrazine groups is 1. The Morgan fingerprint density at radius 3 is 2.74 bits per heavy atom. The summed E-state index contributed by atoms with van der Waals surface area (Å²) in [6, 6.07) is 6.36. The van der Waals surface area contributed by atoms with Crippen LogP contribution in [0.3, 0.4) is 0 Å². The van der Waals surface area contributed by atoms with Gasteiger partial charge in [-0.15, -0.1) is 0 Å². The molecule has 3 aromatic rings. The van der Waals surface area contributed by atoms with Crippen molar-refractivity contribution < 1.29 is 4.74 Å². The molecule has 1 aliphatic carbocycles. The van der Waals surface area contributed by atoms with Crippen LogP contribution >= 0.6 is 0 Å². The summed E-state index contributed by atoms with van der Waals surface area (Å²) in [5.41, 5.74) is 7.32. The summed E-state index contributed by atoms with van der Waals surface area (Å²) in [6.45, 7) is 6.13. The number of hydrogen-bond donors (Lipinski definition) is 2. The van der Waals surface area contributed by atoms with E-state index in [2.05, 4.69) is 28.4 Å². The standard InChI is InChI=1S/C26H36N6O2/c1-4-18-9-8-14-31(27-16-18)20-12-13-21(22(15-20)34-3)25-28-23-17(2)30-32(24(23)26(33)29-25)19-10-6-5-7-11-19/h12-13,15,18-19,27H,4-11,14,16H2,1-3H3,(H,28,29,33). The van der Waals surface area contributed by atoms with E-state index in [1.165, 1.54) is 32.1 Å². The molecule has 1 aliphatic heterocycles. The van der Waals surface area contributed by atoms with Crippen molar-refractivity contribution in [3.05, 3.63) is 34.2 Å². The van der Waals surface area contributed by atoms with Gasteiger partial charge >= 0.3 is 0 Å². The highest BCUT2D eigenvalue weighted by molar-refractivity contribution is 5.80. The van der Waals surface area contributed by atoms with Gasteiger partial charge in [-0.3, -0.25) is 9.48 Å². The van der Waals surface area contributed by atoms with Crippen LogP contribution in [-0.2, 0) is 0 Å². The Labute approximate surface area is 200 Å². The molecule has 1 unspecified atom stereocenters. The van der Waals surface area contributed by atoms with E-state index < -0.39 is 0 Å². The fourth-order valence-electron chi connectivity index (χ4n) is 5.48. The Morgan fingerprint density at radius 2 is 1.97 bits per heavy atom. The fourth-order valence-corrected chi connectivity index (χ4v) is 5.48. The van der Waals surface area contributed by atoms with Gasteiger partial charge in [0.1, 0.15) is 17.1 Å². The smallest absolute Gasteiger partial charge is 0.277 e. The van der Waals surface area contributed by atoms with Crippen molar-refractivity contribution in [1.82, 2.24) is 25.2 Å². The van der Waals surface area contributed by atoms with Gasteiger partial charge in [-0.25, -0.2) is 10.4 Å². The van der Waals surface area contributed by atoms with Gasteiger partial charge in [-0.05, 0) is 50.7 Å². The molecule has 34 heavy (non-hydrogen) atoms. The van der Waals surface area contributed by atoms with E-state index in [4.69, 9.17) is 14.8 Å². The number of anilines is 1. The van der Waals surface area contributed by atoms with Crippen molar-refractivity contribution in [3.63, 3.8) is 0 Å². The van der Waals surface area contributed by atoms with Crippen LogP contribution in [0.15, 0.2) is 23.0 Å². The van der Waals surface area contributed by atoms with Crippen LogP contribution in [0.4, 0.5) is 5.69 Å². The topological polar surface area (TPSA) is 88.1 Å². The predicted molar refractivity (Wildman–Crippen MR) is 135 cm³/mol. The van der Waals surface area contributed by atoms with Crippen LogP contribution in [0.25, 0.3) is 22.4 Å². The fraction of sp³-hybridized carbons (Fsp3) is 0.577. The molecule has 3 heterocycles. The molecule has 1 saturated heterocycles. The first-order valence-corrected chi connectivity index (χ1v) is 12.8. The molecule has 2 fully saturated rings. The number of nitrogens with one attached hydrogen (secondary N) is 2. The Hall–Kier alpha value is -2.87. The lowest BCUT2D eigenvalue weighted by Crippen LogP contribution is -2.39. The molecule has 1 aromatic carbocycles. The van der Waals surface area contributed by atoms with Crippen LogP contribution in [0.5, 0.6) is 5.75 Å². The van der Waals surface area contributed by atoms with E-state index in [-0.39, 0.29) is 11.6 Å². The first-order valence-electron chi connectivity index (χ1n) is 12.8. The second-order valence-electron chi connectivity index (χ2n) is 9.75. The Balaban J connectivity index is 1.49. The van der Waals surface area contributed by atoms with Gasteiger partial charge < -0.3 is 14.7 Å². The monoisotopic (exact) mass is 464 g/mol. The molecule has 1 saturated carbocycles. The molecule has 182 valence electrons. The van der Waals surface area contributed by atoms with E-state index in [0.29, 0.717) is 28.5 Å². The van der Waals surface area contributed by atoms with E-state index in [1.807, 2.05) is 23.7 Å². The number of H-pyrrole nitrogens is 1. The quantitative estimate of drug-likeness (QED) is 0.567. The molecule has 5 rings (SSSR count). The van der Waals surface area contributed by atoms with Crippen molar-refractivity contribution in [2.45, 2.75) is 71.3 Å². The van der Waals surface area contributed by atoms with Gasteiger partial charge in [0, 0.05) is 19.2 Å². The molecule has 8 heteroatoms. The number of aromatic amines is 1. The molecule has 0 amide bonds. The number of rotatable bonds is 5. The minimum Gasteiger partial charge on any atom is -0.496 e. The molecular weight excluding hydrogens is 428 g/mol. The highest BCUT2D eigenvalue weighted by Gasteiger charge is 2.24. The number of aromatic nitrogens is 4. The second kappa shape index (κ2) is 9.78. The Kier molecular flexibility index (Phi) is 6.59. The first kappa shape index (κ1) is 22.9. The summed E-state index contributed by atoms with van der Waals surface area (Å²) in [7, 11) is 1.66. The first-order chi connectivity index (χ1) is 16.6. The maximum Gasteiger partial charge on any atom is 0.277 e. The average molecular weight is 465 g/mol. The maximum atomic E-state index is 13.2. The van der Waals surface area contributed by atoms with Gasteiger partial charge in [-0.1, -0.05) is 32.6 Å². The van der Waals surface area contributed by atoms with Crippen LogP contribution in [0, 0.1) is 12.8 Å². The zero-order valence-electron chi connectivity index (χ0n) is 20.6. The highest BCUT2D eigenvalue weighted by atomic mass is 16.5. The van der Waals surface area contributed by atoms with Crippen molar-refractivity contribution in [2.24, 2.45) is 5.92 Å². The number of methoxy groups -OCH3 is 1. The lowest BCUT2D eigenvalue weighted by Gasteiger charge is -2.25. The van der Waals surface area contributed by atoms with Gasteiger partial charge in [0.2, 0.25) is 0 Å². The predicted octanol–water partition coefficient (Wildman–Crippen LogP) is 4.74. The summed E-state index contributed by atoms with van der Waals surface area (Å²) < 4.78 is 7.67. The van der Waals surface area contributed by atoms with Gasteiger partial charge in [-0.2, -0.15) is 5.10 Å². The number of aryl methyl sites for hydroxylation is 1. The van der Waals surface area contributed by atoms with E-state index in [9.17, 15) is 4.79 Å². The second-order valence-corrected chi connectivity index (χ2v) is 9.75. The molecule has 8 nitrogen and oxygen atoms in total. The number of fused-ring (bicyclic) bond motifs is 1. The highest BCUT2D eigenvalue weighted by Crippen LogP contribution is 2.34. The normalized spacial score (nSPS) is 20.0. The van der Waals surface area contributed by atoms with E-state index >= 15 is 0 Å². The van der Waals surface area contributed by atoms with Crippen LogP contribution in [-0.4, -0.2) is 39.9 Å². The Bertz CT molecular complexity index is 1210. The number of nitrogens with zero attached hydrogens (tertiary/aromatic N) is 4. The summed E-state index contributed by atoms with van der Waals surface area (Å²) in [6.07, 6.45) is 9.36. The van der Waals surface area contributed by atoms with Crippen molar-refractivity contribution >= 4 is 16.7 Å². The number of hydrogen-bond acceptors (Lipinski definition) is 6. The third kappa shape index (κ3) is 4.31. The lowest BCUT2D eigenvalue weighted by molar-refractivity contribution is 0.336. The summed E-state index contributed by atoms with van der Waals surface area (Å²) in [5, 5.41) is 6.94. The molecule has 0 bridgehead atoms. The summed E-state index contributed by atoms with van der Waals surface area (Å²) in [5.74, 6) is 1.92. The molecule has 2 aliphatic rings. The molecule has 2 aromatic heterocycles. The van der Waals surface area contributed by atoms with Crippen LogP contribution in [0.1, 0.15) is 70.0 Å². The SMILES string of the molecule is CCC1CCCN(c2ccc(-c3nc4c(C)nn(C5CCCCC5)c4c(=O)[nH]3)c(OC)c2)NC1. The van der Waals surface area contributed by atoms with Crippen molar-refractivity contribution in [3.8, 4) is 17.1 Å². The van der Waals surface area contributed by atoms with Crippen LogP contribution in [0.2, 0.25) is 0 Å². The van der Waals surface area contributed by atoms with E-state index in [1.54, 1.807) is 7.11 Å². The number of benzene rings is 1. The van der Waals surface area contributed by atoms with E-state index in [0.717, 1.165) is 49.3 Å². The van der Waals surface area contributed by atoms with Gasteiger partial charge in [0.15, 0.2) is 5.52 Å². The average Bonchev–Trinajstić information content (AvgIpc) is 3.04. The largest absolute Gasteiger partial charge is 0.496 e. The molecule has 2 N–H and O–H groups in total. The zero-order chi connectivity index (χ0) is 23.7. The van der Waals surface area contributed by atoms with Gasteiger partial charge in [0.05, 0.1) is 30.1 Å². The third-order valence-corrected chi connectivity index (χ3v) is 7.54. The molecule has 0 spiro atoms. The molecule has 1 atom stereocenters. The maximum absolute atomic E-state index is 13.2. The van der Waals surface area contributed by atoms with Crippen LogP contribution < -0.4 is 20.7 Å². The van der Waals surface area contributed by atoms with Gasteiger partial charge in [0.25, 0.3) is 5.56 Å². The summed E-state index contributed by atoms with van der Waals surface area (Å²) in [4.78, 5) is 21.1. The Morgan fingerprint density at radius 1 is 1.15 bits per heavy atom. The minimum atomic E-state index is -0.142. The minimum absolute atomic E-state index is 0.142. The van der Waals surface area contributed by atoms with Crippen molar-refractivity contribution in [2.75, 3.05) is 25.2 Å².